The summed E-state index contributed by atoms with van der Waals surface area (Å²) in [5.74, 6) is 0.171. The number of carbonyl (C=O) groups is 1. The van der Waals surface area contributed by atoms with E-state index in [1.165, 1.54) is 3.57 Å². The lowest BCUT2D eigenvalue weighted by Crippen LogP contribution is -2.03. The van der Waals surface area contributed by atoms with Crippen LogP contribution in [0.3, 0.4) is 0 Å². The highest BCUT2D eigenvalue weighted by Gasteiger charge is 2.00. The molecule has 1 nitrogen and oxygen atoms in total. The third kappa shape index (κ3) is 3.11. The minimum Gasteiger partial charge on any atom is -0.298 e. The Morgan fingerprint density at radius 1 is 1.33 bits per heavy atom. The number of hydrogen-bond acceptors (Lipinski definition) is 1. The molecule has 0 saturated carbocycles. The van der Waals surface area contributed by atoms with Gasteiger partial charge >= 0.3 is 0 Å². The Bertz CT molecular complexity index is 268. The Kier molecular flexibility index (Phi) is 4.01. The molecule has 0 radical (unpaired) electrons. The number of hydrogen-bond donors (Lipinski definition) is 0. The van der Waals surface area contributed by atoms with E-state index in [4.69, 9.17) is 11.6 Å². The van der Waals surface area contributed by atoms with Gasteiger partial charge in [0.05, 0.1) is 5.88 Å². The highest BCUT2D eigenvalue weighted by atomic mass is 127. The zero-order valence-corrected chi connectivity index (χ0v) is 9.30. The Morgan fingerprint density at radius 2 is 1.92 bits per heavy atom. The fourth-order valence-electron chi connectivity index (χ4n) is 0.877. The standard InChI is InChI=1S/C9H8ClIO/c10-6-9(12)5-7-1-3-8(11)4-2-7/h1-4H,5-6H2. The summed E-state index contributed by atoms with van der Waals surface area (Å²) >= 11 is 7.61. The average molecular weight is 295 g/mol. The number of carbonyl (C=O) groups excluding carboxylic acids is 1. The minimum atomic E-state index is 0.0675. The Labute approximate surface area is 90.3 Å². The summed E-state index contributed by atoms with van der Waals surface area (Å²) in [6.07, 6.45) is 0.445. The smallest absolute Gasteiger partial charge is 0.151 e. The summed E-state index contributed by atoms with van der Waals surface area (Å²) in [6.45, 7) is 0. The van der Waals surface area contributed by atoms with Gasteiger partial charge in [0.15, 0.2) is 5.78 Å². The molecule has 0 aliphatic carbocycles. The van der Waals surface area contributed by atoms with Crippen molar-refractivity contribution in [2.45, 2.75) is 6.42 Å². The summed E-state index contributed by atoms with van der Waals surface area (Å²) in [4.78, 5) is 10.9. The lowest BCUT2D eigenvalue weighted by Gasteiger charge is -1.97. The first kappa shape index (κ1) is 9.99. The van der Waals surface area contributed by atoms with E-state index in [-0.39, 0.29) is 11.7 Å². The highest BCUT2D eigenvalue weighted by molar-refractivity contribution is 14.1. The number of halogens is 2. The van der Waals surface area contributed by atoms with Crippen molar-refractivity contribution in [3.05, 3.63) is 33.4 Å². The summed E-state index contributed by atoms with van der Waals surface area (Å²) in [6, 6.07) is 7.87. The van der Waals surface area contributed by atoms with Gasteiger partial charge in [-0.05, 0) is 40.3 Å². The molecule has 0 unspecified atom stereocenters. The first-order valence-corrected chi connectivity index (χ1v) is 5.16. The van der Waals surface area contributed by atoms with E-state index in [9.17, 15) is 4.79 Å². The highest BCUT2D eigenvalue weighted by Crippen LogP contribution is 2.07. The van der Waals surface area contributed by atoms with Crippen LogP contribution in [0.2, 0.25) is 0 Å². The summed E-state index contributed by atoms with van der Waals surface area (Å²) < 4.78 is 1.18. The molecule has 0 aliphatic heterocycles. The molecule has 0 N–H and O–H groups in total. The molecule has 0 aromatic heterocycles. The van der Waals surface area contributed by atoms with Crippen LogP contribution in [-0.2, 0) is 11.2 Å². The summed E-state index contributed by atoms with van der Waals surface area (Å²) in [5.41, 5.74) is 1.03. The lowest BCUT2D eigenvalue weighted by molar-refractivity contribution is -0.116. The van der Waals surface area contributed by atoms with E-state index in [1.54, 1.807) is 0 Å². The Balaban J connectivity index is 2.64. The predicted molar refractivity (Wildman–Crippen MR) is 58.6 cm³/mol. The fraction of sp³-hybridized carbons (Fsp3) is 0.222. The van der Waals surface area contributed by atoms with Crippen LogP contribution in [0.15, 0.2) is 24.3 Å². The third-order valence-corrected chi connectivity index (χ3v) is 2.48. The zero-order valence-electron chi connectivity index (χ0n) is 6.39. The zero-order chi connectivity index (χ0) is 8.97. The quantitative estimate of drug-likeness (QED) is 0.619. The van der Waals surface area contributed by atoms with Crippen LogP contribution in [0.5, 0.6) is 0 Å². The molecule has 3 heteroatoms. The van der Waals surface area contributed by atoms with E-state index in [2.05, 4.69) is 22.6 Å². The molecule has 0 heterocycles. The molecular weight excluding hydrogens is 286 g/mol. The minimum absolute atomic E-state index is 0.0675. The first-order valence-electron chi connectivity index (χ1n) is 3.54. The Hall–Kier alpha value is -0.0900. The van der Waals surface area contributed by atoms with Gasteiger partial charge in [-0.1, -0.05) is 12.1 Å². The van der Waals surface area contributed by atoms with Crippen LogP contribution < -0.4 is 0 Å². The number of rotatable bonds is 3. The second kappa shape index (κ2) is 4.82. The molecule has 1 aromatic rings. The third-order valence-electron chi connectivity index (χ3n) is 1.46. The molecule has 0 spiro atoms. The number of ketones is 1. The van der Waals surface area contributed by atoms with Crippen molar-refractivity contribution in [3.63, 3.8) is 0 Å². The topological polar surface area (TPSA) is 17.1 Å². The molecule has 1 rings (SSSR count). The molecule has 0 saturated heterocycles. The Morgan fingerprint density at radius 3 is 2.42 bits per heavy atom. The largest absolute Gasteiger partial charge is 0.298 e. The summed E-state index contributed by atoms with van der Waals surface area (Å²) in [7, 11) is 0. The van der Waals surface area contributed by atoms with Gasteiger partial charge in [0, 0.05) is 9.99 Å². The van der Waals surface area contributed by atoms with Crippen LogP contribution in [0.25, 0.3) is 0 Å². The number of Topliss-reactive ketones (excluding diaryl/α,β-unsaturated/α-hetero) is 1. The SMILES string of the molecule is O=C(CCl)Cc1ccc(I)cc1. The lowest BCUT2D eigenvalue weighted by atomic mass is 10.1. The van der Waals surface area contributed by atoms with Crippen LogP contribution >= 0.6 is 34.2 Å². The molecular formula is C9H8ClIO. The van der Waals surface area contributed by atoms with Crippen molar-refractivity contribution < 1.29 is 4.79 Å². The normalized spacial score (nSPS) is 9.83. The van der Waals surface area contributed by atoms with Crippen molar-refractivity contribution in [1.29, 1.82) is 0 Å². The second-order valence-electron chi connectivity index (χ2n) is 2.48. The average Bonchev–Trinajstić information content (AvgIpc) is 2.09. The molecule has 64 valence electrons. The van der Waals surface area contributed by atoms with Crippen molar-refractivity contribution in [3.8, 4) is 0 Å². The maximum absolute atomic E-state index is 10.9. The second-order valence-corrected chi connectivity index (χ2v) is 3.99. The van der Waals surface area contributed by atoms with E-state index >= 15 is 0 Å². The van der Waals surface area contributed by atoms with Gasteiger partial charge in [0.1, 0.15) is 0 Å². The molecule has 1 aromatic carbocycles. The van der Waals surface area contributed by atoms with Crippen molar-refractivity contribution in [1.82, 2.24) is 0 Å². The molecule has 0 bridgehead atoms. The monoisotopic (exact) mass is 294 g/mol. The molecule has 0 amide bonds. The molecule has 0 atom stereocenters. The first-order chi connectivity index (χ1) is 5.72. The molecule has 0 aliphatic rings. The van der Waals surface area contributed by atoms with Gasteiger partial charge in [-0.15, -0.1) is 11.6 Å². The van der Waals surface area contributed by atoms with Crippen LogP contribution in [-0.4, -0.2) is 11.7 Å². The van der Waals surface area contributed by atoms with Crippen LogP contribution in [0.4, 0.5) is 0 Å². The molecule has 12 heavy (non-hydrogen) atoms. The fourth-order valence-corrected chi connectivity index (χ4v) is 1.33. The van der Waals surface area contributed by atoms with Gasteiger partial charge in [-0.2, -0.15) is 0 Å². The predicted octanol–water partition coefficient (Wildman–Crippen LogP) is 2.64. The summed E-state index contributed by atoms with van der Waals surface area (Å²) in [5, 5.41) is 0. The van der Waals surface area contributed by atoms with Gasteiger partial charge in [0.2, 0.25) is 0 Å². The number of alkyl halides is 1. The van der Waals surface area contributed by atoms with Crippen LogP contribution in [0.1, 0.15) is 5.56 Å². The van der Waals surface area contributed by atoms with Gasteiger partial charge in [0.25, 0.3) is 0 Å². The van der Waals surface area contributed by atoms with Crippen molar-refractivity contribution in [2.75, 3.05) is 5.88 Å². The van der Waals surface area contributed by atoms with Gasteiger partial charge < -0.3 is 0 Å². The van der Waals surface area contributed by atoms with E-state index < -0.39 is 0 Å². The van der Waals surface area contributed by atoms with Crippen molar-refractivity contribution >= 4 is 40.0 Å². The van der Waals surface area contributed by atoms with Gasteiger partial charge in [-0.3, -0.25) is 4.79 Å². The molecule has 0 fully saturated rings. The van der Waals surface area contributed by atoms with Crippen molar-refractivity contribution in [2.24, 2.45) is 0 Å². The van der Waals surface area contributed by atoms with Crippen LogP contribution in [0, 0.1) is 3.57 Å². The van der Waals surface area contributed by atoms with E-state index in [0.29, 0.717) is 6.42 Å². The number of benzene rings is 1. The van der Waals surface area contributed by atoms with E-state index in [1.807, 2.05) is 24.3 Å². The maximum atomic E-state index is 10.9. The van der Waals surface area contributed by atoms with E-state index in [0.717, 1.165) is 5.56 Å². The van der Waals surface area contributed by atoms with Gasteiger partial charge in [-0.25, -0.2) is 0 Å². The maximum Gasteiger partial charge on any atom is 0.151 e.